The highest BCUT2D eigenvalue weighted by Gasteiger charge is 2.28. The van der Waals surface area contributed by atoms with Crippen molar-refractivity contribution in [3.05, 3.63) is 17.7 Å². The van der Waals surface area contributed by atoms with Crippen LogP contribution < -0.4 is 19.9 Å². The van der Waals surface area contributed by atoms with Crippen molar-refractivity contribution in [2.45, 2.75) is 31.4 Å². The van der Waals surface area contributed by atoms with Crippen molar-refractivity contribution in [2.75, 3.05) is 27.9 Å². The molecule has 0 bridgehead atoms. The Labute approximate surface area is 120 Å². The van der Waals surface area contributed by atoms with Gasteiger partial charge in [0.1, 0.15) is 17.2 Å². The Kier molecular flexibility index (Phi) is 5.09. The van der Waals surface area contributed by atoms with Gasteiger partial charge in [0.2, 0.25) is 0 Å². The van der Waals surface area contributed by atoms with E-state index >= 15 is 0 Å². The Morgan fingerprint density at radius 2 is 1.75 bits per heavy atom. The molecule has 0 radical (unpaired) electrons. The highest BCUT2D eigenvalue weighted by molar-refractivity contribution is 5.52. The lowest BCUT2D eigenvalue weighted by Crippen LogP contribution is -2.32. The highest BCUT2D eigenvalue weighted by atomic mass is 16.5. The molecule has 1 fully saturated rings. The maximum Gasteiger partial charge on any atom is 0.131 e. The van der Waals surface area contributed by atoms with E-state index in [0.717, 1.165) is 31.4 Å². The maximum absolute atomic E-state index is 6.39. The minimum atomic E-state index is -0.272. The summed E-state index contributed by atoms with van der Waals surface area (Å²) >= 11 is 0. The van der Waals surface area contributed by atoms with Crippen LogP contribution in [0.1, 0.15) is 30.9 Å². The number of nitrogens with two attached hydrogens (primary N) is 1. The van der Waals surface area contributed by atoms with Crippen molar-refractivity contribution in [1.29, 1.82) is 0 Å². The first-order valence-corrected chi connectivity index (χ1v) is 6.88. The van der Waals surface area contributed by atoms with Gasteiger partial charge in [0.25, 0.3) is 0 Å². The van der Waals surface area contributed by atoms with Crippen LogP contribution >= 0.6 is 0 Å². The van der Waals surface area contributed by atoms with Crippen molar-refractivity contribution >= 4 is 0 Å². The zero-order valence-corrected chi connectivity index (χ0v) is 12.3. The molecule has 1 aromatic rings. The lowest BCUT2D eigenvalue weighted by Gasteiger charge is -2.30. The third-order valence-corrected chi connectivity index (χ3v) is 3.70. The topological polar surface area (TPSA) is 62.9 Å². The fraction of sp³-hybridized carbons (Fsp3) is 0.600. The number of methoxy groups -OCH3 is 3. The third-order valence-electron chi connectivity index (χ3n) is 3.70. The van der Waals surface area contributed by atoms with Crippen LogP contribution in [0.5, 0.6) is 17.2 Å². The van der Waals surface area contributed by atoms with Crippen LogP contribution in [-0.4, -0.2) is 34.0 Å². The molecule has 2 atom stereocenters. The predicted octanol–water partition coefficient (Wildman–Crippen LogP) is 2.28. The summed E-state index contributed by atoms with van der Waals surface area (Å²) in [5.41, 5.74) is 7.22. The van der Waals surface area contributed by atoms with E-state index in [2.05, 4.69) is 0 Å². The number of rotatable bonds is 5. The molecule has 20 heavy (non-hydrogen) atoms. The van der Waals surface area contributed by atoms with Crippen LogP contribution in [0.25, 0.3) is 0 Å². The predicted molar refractivity (Wildman–Crippen MR) is 76.6 cm³/mol. The molecule has 1 aromatic carbocycles. The Bertz CT molecular complexity index is 418. The van der Waals surface area contributed by atoms with E-state index in [4.69, 9.17) is 24.7 Å². The first-order chi connectivity index (χ1) is 9.71. The van der Waals surface area contributed by atoms with E-state index in [9.17, 15) is 0 Å². The van der Waals surface area contributed by atoms with Crippen LogP contribution in [0.2, 0.25) is 0 Å². The lowest BCUT2D eigenvalue weighted by atomic mass is 9.95. The van der Waals surface area contributed by atoms with Gasteiger partial charge in [-0.05, 0) is 19.3 Å². The van der Waals surface area contributed by atoms with E-state index in [1.807, 2.05) is 12.1 Å². The number of hydrogen-bond donors (Lipinski definition) is 1. The number of benzene rings is 1. The van der Waals surface area contributed by atoms with Crippen molar-refractivity contribution in [3.8, 4) is 17.2 Å². The Hall–Kier alpha value is -1.46. The van der Waals surface area contributed by atoms with Crippen LogP contribution in [0.15, 0.2) is 12.1 Å². The summed E-state index contributed by atoms with van der Waals surface area (Å²) < 4.78 is 21.9. The Balaban J connectivity index is 2.36. The van der Waals surface area contributed by atoms with Crippen molar-refractivity contribution in [2.24, 2.45) is 5.73 Å². The summed E-state index contributed by atoms with van der Waals surface area (Å²) in [5.74, 6) is 2.02. The smallest absolute Gasteiger partial charge is 0.131 e. The first kappa shape index (κ1) is 14.9. The maximum atomic E-state index is 6.39. The summed E-state index contributed by atoms with van der Waals surface area (Å²) in [7, 11) is 4.84. The quantitative estimate of drug-likeness (QED) is 0.897. The molecule has 0 spiro atoms. The molecule has 2 unspecified atom stereocenters. The Morgan fingerprint density at radius 3 is 2.20 bits per heavy atom. The number of ether oxygens (including phenoxy) is 4. The summed E-state index contributed by atoms with van der Waals surface area (Å²) in [4.78, 5) is 0. The van der Waals surface area contributed by atoms with Crippen molar-refractivity contribution in [3.63, 3.8) is 0 Å². The van der Waals surface area contributed by atoms with E-state index < -0.39 is 0 Å². The zero-order chi connectivity index (χ0) is 14.5. The monoisotopic (exact) mass is 281 g/mol. The molecule has 2 rings (SSSR count). The van der Waals surface area contributed by atoms with Crippen molar-refractivity contribution < 1.29 is 18.9 Å². The molecule has 112 valence electrons. The van der Waals surface area contributed by atoms with Gasteiger partial charge in [-0.25, -0.2) is 0 Å². The zero-order valence-electron chi connectivity index (χ0n) is 12.3. The molecule has 1 aliphatic heterocycles. The minimum Gasteiger partial charge on any atom is -0.496 e. The van der Waals surface area contributed by atoms with Crippen LogP contribution in [0.3, 0.4) is 0 Å². The molecule has 1 aliphatic rings. The van der Waals surface area contributed by atoms with E-state index in [1.165, 1.54) is 0 Å². The molecule has 5 nitrogen and oxygen atoms in total. The summed E-state index contributed by atoms with van der Waals surface area (Å²) in [6, 6.07) is 3.37. The minimum absolute atomic E-state index is 0.0000510. The molecular formula is C15H23NO4. The van der Waals surface area contributed by atoms with Gasteiger partial charge in [-0.2, -0.15) is 0 Å². The normalized spacial score (nSPS) is 20.3. The van der Waals surface area contributed by atoms with Crippen LogP contribution in [-0.2, 0) is 4.74 Å². The van der Waals surface area contributed by atoms with E-state index in [-0.39, 0.29) is 12.1 Å². The fourth-order valence-corrected chi connectivity index (χ4v) is 2.60. The first-order valence-electron chi connectivity index (χ1n) is 6.88. The molecule has 2 N–H and O–H groups in total. The standard InChI is InChI=1S/C15H23NO4/c1-17-10-8-12(18-2)14(13(9-10)19-3)15(16)11-6-4-5-7-20-11/h8-9,11,15H,4-7,16H2,1-3H3. The van der Waals surface area contributed by atoms with E-state index in [0.29, 0.717) is 17.2 Å². The fourth-order valence-electron chi connectivity index (χ4n) is 2.60. The van der Waals surface area contributed by atoms with Crippen molar-refractivity contribution in [1.82, 2.24) is 0 Å². The third kappa shape index (κ3) is 2.99. The average molecular weight is 281 g/mol. The second-order valence-electron chi connectivity index (χ2n) is 4.88. The van der Waals surface area contributed by atoms with Gasteiger partial charge in [0.05, 0.1) is 39.0 Å². The van der Waals surface area contributed by atoms with Gasteiger partial charge in [0, 0.05) is 18.7 Å². The van der Waals surface area contributed by atoms with Gasteiger partial charge >= 0.3 is 0 Å². The average Bonchev–Trinajstić information content (AvgIpc) is 2.53. The second-order valence-corrected chi connectivity index (χ2v) is 4.88. The number of hydrogen-bond acceptors (Lipinski definition) is 5. The second kappa shape index (κ2) is 6.81. The molecule has 0 saturated carbocycles. The molecular weight excluding hydrogens is 258 g/mol. The highest BCUT2D eigenvalue weighted by Crippen LogP contribution is 2.40. The van der Waals surface area contributed by atoms with Gasteiger partial charge in [-0.3, -0.25) is 0 Å². The SMILES string of the molecule is COc1cc(OC)c(C(N)C2CCCCO2)c(OC)c1. The summed E-state index contributed by atoms with van der Waals surface area (Å²) in [6.07, 6.45) is 3.19. The van der Waals surface area contributed by atoms with Gasteiger partial charge in [0.15, 0.2) is 0 Å². The summed E-state index contributed by atoms with van der Waals surface area (Å²) in [6.45, 7) is 0.763. The molecule has 0 aliphatic carbocycles. The van der Waals surface area contributed by atoms with Gasteiger partial charge in [-0.1, -0.05) is 0 Å². The molecule has 1 saturated heterocycles. The van der Waals surface area contributed by atoms with E-state index in [1.54, 1.807) is 21.3 Å². The van der Waals surface area contributed by atoms with Gasteiger partial charge in [-0.15, -0.1) is 0 Å². The summed E-state index contributed by atoms with van der Waals surface area (Å²) in [5, 5.41) is 0. The molecule has 5 heteroatoms. The van der Waals surface area contributed by atoms with Crippen LogP contribution in [0, 0.1) is 0 Å². The Morgan fingerprint density at radius 1 is 1.10 bits per heavy atom. The molecule has 1 heterocycles. The largest absolute Gasteiger partial charge is 0.496 e. The molecule has 0 amide bonds. The van der Waals surface area contributed by atoms with Crippen LogP contribution in [0.4, 0.5) is 0 Å². The molecule has 0 aromatic heterocycles. The van der Waals surface area contributed by atoms with Gasteiger partial charge < -0.3 is 24.7 Å². The lowest BCUT2D eigenvalue weighted by molar-refractivity contribution is -0.000816.